The Bertz CT molecular complexity index is 550. The second-order valence-electron chi connectivity index (χ2n) is 6.17. The first kappa shape index (κ1) is 16.5. The molecule has 1 atom stereocenters. The molecular formula is C17H27NO2S. The molecular weight excluding hydrogens is 282 g/mol. The van der Waals surface area contributed by atoms with Crippen LogP contribution < -0.4 is 5.32 Å². The number of aryl methyl sites for hydroxylation is 1. The van der Waals surface area contributed by atoms with Gasteiger partial charge < -0.3 is 5.32 Å². The summed E-state index contributed by atoms with van der Waals surface area (Å²) >= 11 is 0. The molecule has 1 aliphatic carbocycles. The largest absolute Gasteiger partial charge is 0.313 e. The Labute approximate surface area is 129 Å². The molecule has 1 fully saturated rings. The van der Waals surface area contributed by atoms with E-state index < -0.39 is 9.84 Å². The molecule has 0 heterocycles. The van der Waals surface area contributed by atoms with E-state index in [1.807, 2.05) is 0 Å². The summed E-state index contributed by atoms with van der Waals surface area (Å²) in [5.41, 5.74) is 2.60. The molecule has 0 amide bonds. The lowest BCUT2D eigenvalue weighted by atomic mass is 9.93. The summed E-state index contributed by atoms with van der Waals surface area (Å²) in [7, 11) is -2.84. The van der Waals surface area contributed by atoms with Gasteiger partial charge in [0.15, 0.2) is 0 Å². The summed E-state index contributed by atoms with van der Waals surface area (Å²) in [5.74, 6) is 0.982. The highest BCUT2D eigenvalue weighted by atomic mass is 32.2. The van der Waals surface area contributed by atoms with Crippen LogP contribution in [0.15, 0.2) is 24.3 Å². The van der Waals surface area contributed by atoms with Gasteiger partial charge in [-0.05, 0) is 44.1 Å². The van der Waals surface area contributed by atoms with E-state index in [-0.39, 0.29) is 5.75 Å². The molecule has 1 aromatic carbocycles. The number of nitrogens with one attached hydrogen (secondary N) is 1. The minimum Gasteiger partial charge on any atom is -0.313 e. The normalized spacial score (nSPS) is 16.9. The fourth-order valence-electron chi connectivity index (χ4n) is 2.60. The molecule has 1 unspecified atom stereocenters. The first-order valence-electron chi connectivity index (χ1n) is 8.00. The van der Waals surface area contributed by atoms with E-state index in [1.165, 1.54) is 24.0 Å². The van der Waals surface area contributed by atoms with Crippen molar-refractivity contribution in [2.24, 2.45) is 0 Å². The average molecular weight is 309 g/mol. The SMILES string of the molecule is CCS(=O)(=O)CCCC(CNC1CC1)c1cccc(C)c1. The van der Waals surface area contributed by atoms with Crippen molar-refractivity contribution in [3.05, 3.63) is 35.4 Å². The Balaban J connectivity index is 1.94. The smallest absolute Gasteiger partial charge is 0.150 e. The van der Waals surface area contributed by atoms with Gasteiger partial charge in [0.25, 0.3) is 0 Å². The van der Waals surface area contributed by atoms with Gasteiger partial charge in [0, 0.05) is 18.3 Å². The van der Waals surface area contributed by atoms with E-state index in [2.05, 4.69) is 36.5 Å². The quantitative estimate of drug-likeness (QED) is 0.762. The number of hydrogen-bond acceptors (Lipinski definition) is 3. The molecule has 0 aliphatic heterocycles. The summed E-state index contributed by atoms with van der Waals surface area (Å²) in [6.45, 7) is 4.79. The molecule has 1 N–H and O–H groups in total. The highest BCUT2D eigenvalue weighted by molar-refractivity contribution is 7.91. The first-order chi connectivity index (χ1) is 10.00. The molecule has 1 aromatic rings. The number of sulfone groups is 1. The summed E-state index contributed by atoms with van der Waals surface area (Å²) in [5, 5.41) is 3.59. The third-order valence-electron chi connectivity index (χ3n) is 4.19. The zero-order valence-corrected chi connectivity index (χ0v) is 14.0. The lowest BCUT2D eigenvalue weighted by Crippen LogP contribution is -2.24. The van der Waals surface area contributed by atoms with Gasteiger partial charge in [-0.2, -0.15) is 0 Å². The van der Waals surface area contributed by atoms with Crippen molar-refractivity contribution in [2.45, 2.75) is 51.5 Å². The molecule has 1 saturated carbocycles. The van der Waals surface area contributed by atoms with Crippen molar-refractivity contribution in [3.63, 3.8) is 0 Å². The van der Waals surface area contributed by atoms with E-state index in [0.29, 0.717) is 17.7 Å². The van der Waals surface area contributed by atoms with Crippen LogP contribution in [0.4, 0.5) is 0 Å². The summed E-state index contributed by atoms with van der Waals surface area (Å²) in [6, 6.07) is 9.29. The van der Waals surface area contributed by atoms with Gasteiger partial charge in [0.2, 0.25) is 0 Å². The maximum Gasteiger partial charge on any atom is 0.150 e. The van der Waals surface area contributed by atoms with Crippen molar-refractivity contribution in [2.75, 3.05) is 18.1 Å². The zero-order chi connectivity index (χ0) is 15.3. The van der Waals surface area contributed by atoms with Gasteiger partial charge in [0.1, 0.15) is 9.84 Å². The Morgan fingerprint density at radius 1 is 1.33 bits per heavy atom. The number of rotatable bonds is 9. The highest BCUT2D eigenvalue weighted by Gasteiger charge is 2.22. The summed E-state index contributed by atoms with van der Waals surface area (Å²) < 4.78 is 23.3. The van der Waals surface area contributed by atoms with Crippen molar-refractivity contribution in [1.29, 1.82) is 0 Å². The molecule has 0 spiro atoms. The van der Waals surface area contributed by atoms with Crippen LogP contribution in [0.5, 0.6) is 0 Å². The lowest BCUT2D eigenvalue weighted by Gasteiger charge is -2.18. The van der Waals surface area contributed by atoms with Crippen molar-refractivity contribution in [3.8, 4) is 0 Å². The third-order valence-corrected chi connectivity index (χ3v) is 5.98. The maximum absolute atomic E-state index is 11.6. The average Bonchev–Trinajstić information content (AvgIpc) is 3.26. The van der Waals surface area contributed by atoms with Crippen LogP contribution in [0.25, 0.3) is 0 Å². The van der Waals surface area contributed by atoms with Crippen molar-refractivity contribution < 1.29 is 8.42 Å². The van der Waals surface area contributed by atoms with E-state index in [0.717, 1.165) is 19.4 Å². The molecule has 118 valence electrons. The number of hydrogen-bond donors (Lipinski definition) is 1. The fraction of sp³-hybridized carbons (Fsp3) is 0.647. The van der Waals surface area contributed by atoms with Crippen LogP contribution in [0.1, 0.15) is 49.7 Å². The van der Waals surface area contributed by atoms with Crippen molar-refractivity contribution in [1.82, 2.24) is 5.32 Å². The van der Waals surface area contributed by atoms with Gasteiger partial charge in [0.05, 0.1) is 5.75 Å². The van der Waals surface area contributed by atoms with E-state index >= 15 is 0 Å². The van der Waals surface area contributed by atoms with Gasteiger partial charge in [-0.25, -0.2) is 8.42 Å². The van der Waals surface area contributed by atoms with Gasteiger partial charge in [-0.1, -0.05) is 36.8 Å². The lowest BCUT2D eigenvalue weighted by molar-refractivity contribution is 0.537. The predicted molar refractivity (Wildman–Crippen MR) is 88.5 cm³/mol. The van der Waals surface area contributed by atoms with E-state index in [9.17, 15) is 8.42 Å². The van der Waals surface area contributed by atoms with Crippen LogP contribution in [0, 0.1) is 6.92 Å². The molecule has 0 bridgehead atoms. The molecule has 2 rings (SSSR count). The molecule has 0 radical (unpaired) electrons. The van der Waals surface area contributed by atoms with Crippen LogP contribution in [0.3, 0.4) is 0 Å². The standard InChI is InChI=1S/C17H27NO2S/c1-3-21(19,20)11-5-8-16(13-18-17-9-10-17)15-7-4-6-14(2)12-15/h4,6-7,12,16-18H,3,5,8-11,13H2,1-2H3. The van der Waals surface area contributed by atoms with Gasteiger partial charge >= 0.3 is 0 Å². The Morgan fingerprint density at radius 2 is 2.10 bits per heavy atom. The summed E-state index contributed by atoms with van der Waals surface area (Å²) in [6.07, 6.45) is 4.25. The Hall–Kier alpha value is -0.870. The fourth-order valence-corrected chi connectivity index (χ4v) is 3.50. The first-order valence-corrected chi connectivity index (χ1v) is 9.82. The highest BCUT2D eigenvalue weighted by Crippen LogP contribution is 2.25. The monoisotopic (exact) mass is 309 g/mol. The van der Waals surface area contributed by atoms with E-state index in [4.69, 9.17) is 0 Å². The second kappa shape index (κ2) is 7.41. The maximum atomic E-state index is 11.6. The van der Waals surface area contributed by atoms with Crippen LogP contribution in [-0.4, -0.2) is 32.5 Å². The van der Waals surface area contributed by atoms with E-state index in [1.54, 1.807) is 6.92 Å². The van der Waals surface area contributed by atoms with Crippen LogP contribution >= 0.6 is 0 Å². The summed E-state index contributed by atoms with van der Waals surface area (Å²) in [4.78, 5) is 0. The molecule has 0 saturated heterocycles. The molecule has 1 aliphatic rings. The number of benzene rings is 1. The van der Waals surface area contributed by atoms with Gasteiger partial charge in [-0.15, -0.1) is 0 Å². The Kier molecular flexibility index (Phi) is 5.82. The molecule has 3 nitrogen and oxygen atoms in total. The third kappa shape index (κ3) is 5.79. The Morgan fingerprint density at radius 3 is 2.71 bits per heavy atom. The topological polar surface area (TPSA) is 46.2 Å². The molecule has 4 heteroatoms. The molecule has 0 aromatic heterocycles. The minimum absolute atomic E-state index is 0.252. The second-order valence-corrected chi connectivity index (χ2v) is 8.64. The molecule has 21 heavy (non-hydrogen) atoms. The zero-order valence-electron chi connectivity index (χ0n) is 13.1. The van der Waals surface area contributed by atoms with Crippen molar-refractivity contribution >= 4 is 9.84 Å². The minimum atomic E-state index is -2.84. The van der Waals surface area contributed by atoms with Gasteiger partial charge in [-0.3, -0.25) is 0 Å². The van der Waals surface area contributed by atoms with Crippen LogP contribution in [-0.2, 0) is 9.84 Å². The predicted octanol–water partition coefficient (Wildman–Crippen LogP) is 3.05. The van der Waals surface area contributed by atoms with Crippen LogP contribution in [0.2, 0.25) is 0 Å².